The molecule has 0 radical (unpaired) electrons. The summed E-state index contributed by atoms with van der Waals surface area (Å²) in [5, 5.41) is 0. The van der Waals surface area contributed by atoms with Crippen molar-refractivity contribution in [1.29, 1.82) is 0 Å². The van der Waals surface area contributed by atoms with Crippen LogP contribution in [0.2, 0.25) is 0 Å². The predicted molar refractivity (Wildman–Crippen MR) is 67.0 cm³/mol. The topological polar surface area (TPSA) is 53.5 Å². The summed E-state index contributed by atoms with van der Waals surface area (Å²) >= 11 is 0. The Labute approximate surface area is 106 Å². The highest BCUT2D eigenvalue weighted by Gasteiger charge is 2.35. The van der Waals surface area contributed by atoms with E-state index in [1.807, 2.05) is 13.8 Å². The summed E-state index contributed by atoms with van der Waals surface area (Å²) in [5.74, 6) is -0.0748. The molecule has 5 nitrogen and oxygen atoms in total. The molecule has 0 spiro atoms. The van der Waals surface area contributed by atoms with Crippen LogP contribution in [-0.2, 0) is 4.79 Å². The molecule has 0 N–H and O–H groups in total. The van der Waals surface area contributed by atoms with E-state index in [4.69, 9.17) is 0 Å². The molecule has 1 aliphatic rings. The monoisotopic (exact) mass is 247 g/mol. The zero-order chi connectivity index (χ0) is 13.2. The van der Waals surface area contributed by atoms with Crippen molar-refractivity contribution < 1.29 is 9.59 Å². The minimum Gasteiger partial charge on any atom is -0.337 e. The van der Waals surface area contributed by atoms with Gasteiger partial charge in [-0.15, -0.1) is 0 Å². The number of hydrogen-bond donors (Lipinski definition) is 0. The number of nitrogens with zero attached hydrogens (tertiary/aromatic N) is 3. The molecular weight excluding hydrogens is 230 g/mol. The molecule has 2 amide bonds. The Bertz CT molecular complexity index is 445. The maximum Gasteiger partial charge on any atom is 0.272 e. The van der Waals surface area contributed by atoms with Crippen molar-refractivity contribution in [2.75, 3.05) is 19.6 Å². The van der Waals surface area contributed by atoms with Gasteiger partial charge in [-0.25, -0.2) is 0 Å². The number of pyridine rings is 1. The largest absolute Gasteiger partial charge is 0.337 e. The van der Waals surface area contributed by atoms with E-state index >= 15 is 0 Å². The van der Waals surface area contributed by atoms with E-state index < -0.39 is 0 Å². The molecule has 1 aromatic heterocycles. The second kappa shape index (κ2) is 4.76. The molecule has 2 heterocycles. The SMILES string of the molecule is CC1(C)CN(C(=O)c2ccccn2)CCN1C=O. The zero-order valence-corrected chi connectivity index (χ0v) is 10.7. The smallest absolute Gasteiger partial charge is 0.272 e. The summed E-state index contributed by atoms with van der Waals surface area (Å²) in [7, 11) is 0. The molecule has 1 aliphatic heterocycles. The minimum absolute atomic E-state index is 0.0748. The molecule has 18 heavy (non-hydrogen) atoms. The molecule has 1 fully saturated rings. The third kappa shape index (κ3) is 2.34. The van der Waals surface area contributed by atoms with Gasteiger partial charge < -0.3 is 9.80 Å². The van der Waals surface area contributed by atoms with Crippen molar-refractivity contribution >= 4 is 12.3 Å². The molecule has 96 valence electrons. The first kappa shape index (κ1) is 12.5. The van der Waals surface area contributed by atoms with Gasteiger partial charge in [0.1, 0.15) is 5.69 Å². The first-order valence-electron chi connectivity index (χ1n) is 5.97. The van der Waals surface area contributed by atoms with Crippen LogP contribution in [0, 0.1) is 0 Å². The molecule has 5 heteroatoms. The fourth-order valence-electron chi connectivity index (χ4n) is 2.19. The molecule has 0 aliphatic carbocycles. The van der Waals surface area contributed by atoms with Gasteiger partial charge in [0.15, 0.2) is 0 Å². The van der Waals surface area contributed by atoms with Gasteiger partial charge in [-0.3, -0.25) is 14.6 Å². The Balaban J connectivity index is 2.12. The van der Waals surface area contributed by atoms with Crippen LogP contribution in [0.1, 0.15) is 24.3 Å². The summed E-state index contributed by atoms with van der Waals surface area (Å²) in [6.07, 6.45) is 2.46. The highest BCUT2D eigenvalue weighted by atomic mass is 16.2. The molecule has 0 bridgehead atoms. The highest BCUT2D eigenvalue weighted by molar-refractivity contribution is 5.92. The lowest BCUT2D eigenvalue weighted by Crippen LogP contribution is -2.59. The van der Waals surface area contributed by atoms with Crippen molar-refractivity contribution in [3.8, 4) is 0 Å². The van der Waals surface area contributed by atoms with Crippen molar-refractivity contribution in [2.24, 2.45) is 0 Å². The summed E-state index contributed by atoms with van der Waals surface area (Å²) in [6.45, 7) is 5.56. The van der Waals surface area contributed by atoms with Crippen LogP contribution in [0.5, 0.6) is 0 Å². The maximum atomic E-state index is 12.2. The van der Waals surface area contributed by atoms with Crippen molar-refractivity contribution in [3.05, 3.63) is 30.1 Å². The summed E-state index contributed by atoms with van der Waals surface area (Å²) in [5.41, 5.74) is 0.123. The third-order valence-corrected chi connectivity index (χ3v) is 3.26. The van der Waals surface area contributed by atoms with Crippen LogP contribution in [0.3, 0.4) is 0 Å². The third-order valence-electron chi connectivity index (χ3n) is 3.26. The van der Waals surface area contributed by atoms with Crippen LogP contribution in [0.4, 0.5) is 0 Å². The zero-order valence-electron chi connectivity index (χ0n) is 10.7. The normalized spacial score (nSPS) is 18.6. The summed E-state index contributed by atoms with van der Waals surface area (Å²) < 4.78 is 0. The standard InChI is InChI=1S/C13H17N3O2/c1-13(2)9-15(7-8-16(13)10-17)12(18)11-5-3-4-6-14-11/h3-6,10H,7-9H2,1-2H3. The fourth-order valence-corrected chi connectivity index (χ4v) is 2.19. The van der Waals surface area contributed by atoms with Gasteiger partial charge >= 0.3 is 0 Å². The van der Waals surface area contributed by atoms with Gasteiger partial charge in [-0.05, 0) is 26.0 Å². The van der Waals surface area contributed by atoms with E-state index in [1.54, 1.807) is 34.2 Å². The van der Waals surface area contributed by atoms with E-state index in [0.717, 1.165) is 6.41 Å². The van der Waals surface area contributed by atoms with E-state index in [1.165, 1.54) is 0 Å². The Morgan fingerprint density at radius 2 is 2.17 bits per heavy atom. The van der Waals surface area contributed by atoms with Gasteiger partial charge in [0.2, 0.25) is 6.41 Å². The van der Waals surface area contributed by atoms with Crippen LogP contribution in [0.15, 0.2) is 24.4 Å². The number of carbonyl (C=O) groups is 2. The minimum atomic E-state index is -0.329. The molecule has 0 aromatic carbocycles. The van der Waals surface area contributed by atoms with Crippen molar-refractivity contribution in [1.82, 2.24) is 14.8 Å². The lowest BCUT2D eigenvalue weighted by Gasteiger charge is -2.45. The van der Waals surface area contributed by atoms with Gasteiger partial charge in [-0.2, -0.15) is 0 Å². The molecular formula is C13H17N3O2. The van der Waals surface area contributed by atoms with Gasteiger partial charge in [-0.1, -0.05) is 6.07 Å². The van der Waals surface area contributed by atoms with Gasteiger partial charge in [0.25, 0.3) is 5.91 Å². The second-order valence-corrected chi connectivity index (χ2v) is 5.05. The van der Waals surface area contributed by atoms with Crippen LogP contribution < -0.4 is 0 Å². The number of carbonyl (C=O) groups excluding carboxylic acids is 2. The maximum absolute atomic E-state index is 12.2. The van der Waals surface area contributed by atoms with Crippen molar-refractivity contribution in [3.63, 3.8) is 0 Å². The Morgan fingerprint density at radius 3 is 2.72 bits per heavy atom. The average Bonchev–Trinajstić information content (AvgIpc) is 2.37. The summed E-state index contributed by atoms with van der Waals surface area (Å²) in [4.78, 5) is 30.7. The Hall–Kier alpha value is -1.91. The molecule has 0 saturated carbocycles. The molecule has 2 rings (SSSR count). The quantitative estimate of drug-likeness (QED) is 0.725. The number of rotatable bonds is 2. The van der Waals surface area contributed by atoms with Crippen LogP contribution in [0.25, 0.3) is 0 Å². The van der Waals surface area contributed by atoms with E-state index in [-0.39, 0.29) is 11.4 Å². The van der Waals surface area contributed by atoms with E-state index in [0.29, 0.717) is 25.3 Å². The van der Waals surface area contributed by atoms with Crippen LogP contribution >= 0.6 is 0 Å². The molecule has 0 atom stereocenters. The average molecular weight is 247 g/mol. The first-order chi connectivity index (χ1) is 8.54. The molecule has 1 saturated heterocycles. The van der Waals surface area contributed by atoms with E-state index in [9.17, 15) is 9.59 Å². The molecule has 1 aromatic rings. The lowest BCUT2D eigenvalue weighted by molar-refractivity contribution is -0.125. The lowest BCUT2D eigenvalue weighted by atomic mass is 9.99. The van der Waals surface area contributed by atoms with Crippen LogP contribution in [-0.4, -0.2) is 52.3 Å². The number of piperazine rings is 1. The summed E-state index contributed by atoms with van der Waals surface area (Å²) in [6, 6.07) is 5.29. The predicted octanol–water partition coefficient (Wildman–Crippen LogP) is 0.774. The van der Waals surface area contributed by atoms with Gasteiger partial charge in [0.05, 0.1) is 5.54 Å². The number of hydrogen-bond acceptors (Lipinski definition) is 3. The van der Waals surface area contributed by atoms with Gasteiger partial charge in [0, 0.05) is 25.8 Å². The second-order valence-electron chi connectivity index (χ2n) is 5.05. The molecule has 0 unspecified atom stereocenters. The number of aromatic nitrogens is 1. The highest BCUT2D eigenvalue weighted by Crippen LogP contribution is 2.20. The Kier molecular flexibility index (Phi) is 3.32. The van der Waals surface area contributed by atoms with E-state index in [2.05, 4.69) is 4.98 Å². The Morgan fingerprint density at radius 1 is 1.39 bits per heavy atom. The first-order valence-corrected chi connectivity index (χ1v) is 5.97. The number of amides is 2. The van der Waals surface area contributed by atoms with Crippen molar-refractivity contribution in [2.45, 2.75) is 19.4 Å². The fraction of sp³-hybridized carbons (Fsp3) is 0.462.